The molecule has 1 amide bonds. The van der Waals surface area contributed by atoms with Crippen LogP contribution in [-0.2, 0) is 0 Å². The molecule has 0 aliphatic carbocycles. The quantitative estimate of drug-likeness (QED) is 0.696. The van der Waals surface area contributed by atoms with Crippen molar-refractivity contribution < 1.29 is 4.79 Å². The highest BCUT2D eigenvalue weighted by molar-refractivity contribution is 7.99. The van der Waals surface area contributed by atoms with Crippen LogP contribution in [0.3, 0.4) is 0 Å². The van der Waals surface area contributed by atoms with Crippen molar-refractivity contribution in [3.63, 3.8) is 0 Å². The molecule has 1 saturated heterocycles. The number of aromatic amines is 1. The zero-order valence-corrected chi connectivity index (χ0v) is 8.51. The minimum absolute atomic E-state index is 0.0414. The first-order valence-electron chi connectivity index (χ1n) is 4.45. The number of carbonyl (C=O) groups excluding carboxylic acids is 1. The van der Waals surface area contributed by atoms with Crippen molar-refractivity contribution >= 4 is 23.4 Å². The summed E-state index contributed by atoms with van der Waals surface area (Å²) in [5.41, 5.74) is 6.44. The number of hydrogen-bond acceptors (Lipinski definition) is 4. The lowest BCUT2D eigenvalue weighted by Gasteiger charge is -2.25. The standard InChI is InChI=1S/C8H12N4OS/c9-6-5-10-11-7(6)8(13)12-1-3-14-4-2-12/h5H,1-4,9H2,(H,10,11). The van der Waals surface area contributed by atoms with Crippen LogP contribution in [0.5, 0.6) is 0 Å². The lowest BCUT2D eigenvalue weighted by molar-refractivity contribution is 0.0767. The van der Waals surface area contributed by atoms with Crippen molar-refractivity contribution in [1.82, 2.24) is 15.1 Å². The summed E-state index contributed by atoms with van der Waals surface area (Å²) in [6, 6.07) is 0. The number of carbonyl (C=O) groups is 1. The summed E-state index contributed by atoms with van der Waals surface area (Å²) in [7, 11) is 0. The lowest BCUT2D eigenvalue weighted by atomic mass is 10.3. The van der Waals surface area contributed by atoms with Gasteiger partial charge in [-0.2, -0.15) is 16.9 Å². The van der Waals surface area contributed by atoms with Gasteiger partial charge in [0.2, 0.25) is 0 Å². The zero-order valence-electron chi connectivity index (χ0n) is 7.69. The molecule has 0 bridgehead atoms. The number of nitrogens with two attached hydrogens (primary N) is 1. The first kappa shape index (κ1) is 9.39. The van der Waals surface area contributed by atoms with E-state index in [0.29, 0.717) is 11.4 Å². The molecule has 0 spiro atoms. The molecule has 0 unspecified atom stereocenters. The Bertz CT molecular complexity index is 332. The van der Waals surface area contributed by atoms with E-state index in [4.69, 9.17) is 5.73 Å². The number of H-pyrrole nitrogens is 1. The van der Waals surface area contributed by atoms with Gasteiger partial charge in [-0.05, 0) is 0 Å². The average Bonchev–Trinajstić information content (AvgIpc) is 2.65. The summed E-state index contributed by atoms with van der Waals surface area (Å²) in [6.45, 7) is 1.59. The Morgan fingerprint density at radius 1 is 1.57 bits per heavy atom. The summed E-state index contributed by atoms with van der Waals surface area (Å²) in [4.78, 5) is 13.7. The van der Waals surface area contributed by atoms with E-state index in [1.807, 2.05) is 11.8 Å². The highest BCUT2D eigenvalue weighted by Gasteiger charge is 2.21. The summed E-state index contributed by atoms with van der Waals surface area (Å²) >= 11 is 1.87. The molecule has 3 N–H and O–H groups in total. The van der Waals surface area contributed by atoms with Gasteiger partial charge in [0.25, 0.3) is 5.91 Å². The van der Waals surface area contributed by atoms with Crippen LogP contribution in [0.4, 0.5) is 5.69 Å². The molecule has 76 valence electrons. The van der Waals surface area contributed by atoms with E-state index in [9.17, 15) is 4.79 Å². The van der Waals surface area contributed by atoms with Crippen molar-refractivity contribution in [2.24, 2.45) is 0 Å². The summed E-state index contributed by atoms with van der Waals surface area (Å²) in [5, 5.41) is 6.36. The third-order valence-electron chi connectivity index (χ3n) is 2.18. The van der Waals surface area contributed by atoms with Crippen molar-refractivity contribution in [2.45, 2.75) is 0 Å². The van der Waals surface area contributed by atoms with Crippen molar-refractivity contribution in [3.05, 3.63) is 11.9 Å². The van der Waals surface area contributed by atoms with Crippen LogP contribution in [0.2, 0.25) is 0 Å². The van der Waals surface area contributed by atoms with Crippen LogP contribution in [0, 0.1) is 0 Å². The SMILES string of the molecule is Nc1cn[nH]c1C(=O)N1CCSCC1. The molecular weight excluding hydrogens is 200 g/mol. The fourth-order valence-corrected chi connectivity index (χ4v) is 2.29. The van der Waals surface area contributed by atoms with Gasteiger partial charge in [0.15, 0.2) is 0 Å². The third-order valence-corrected chi connectivity index (χ3v) is 3.12. The molecule has 1 aliphatic heterocycles. The van der Waals surface area contributed by atoms with Crippen molar-refractivity contribution in [3.8, 4) is 0 Å². The van der Waals surface area contributed by atoms with E-state index < -0.39 is 0 Å². The molecule has 2 rings (SSSR count). The van der Waals surface area contributed by atoms with E-state index in [1.54, 1.807) is 4.90 Å². The van der Waals surface area contributed by atoms with E-state index in [2.05, 4.69) is 10.2 Å². The molecule has 2 heterocycles. The normalized spacial score (nSPS) is 17.0. The van der Waals surface area contributed by atoms with Gasteiger partial charge in [-0.1, -0.05) is 0 Å². The van der Waals surface area contributed by atoms with Crippen LogP contribution in [0.1, 0.15) is 10.5 Å². The Labute approximate surface area is 86.0 Å². The summed E-state index contributed by atoms with van der Waals surface area (Å²) in [6.07, 6.45) is 1.46. The highest BCUT2D eigenvalue weighted by Crippen LogP contribution is 2.14. The smallest absolute Gasteiger partial charge is 0.274 e. The molecule has 0 radical (unpaired) electrons. The molecule has 14 heavy (non-hydrogen) atoms. The Morgan fingerprint density at radius 2 is 2.29 bits per heavy atom. The minimum Gasteiger partial charge on any atom is -0.396 e. The molecule has 6 heteroatoms. The number of nitrogens with one attached hydrogen (secondary N) is 1. The Morgan fingerprint density at radius 3 is 2.86 bits per heavy atom. The Hall–Kier alpha value is -1.17. The predicted octanol–water partition coefficient (Wildman–Crippen LogP) is 0.181. The second kappa shape index (κ2) is 3.91. The number of nitrogen functional groups attached to an aromatic ring is 1. The monoisotopic (exact) mass is 212 g/mol. The maximum absolute atomic E-state index is 11.8. The van der Waals surface area contributed by atoms with Gasteiger partial charge >= 0.3 is 0 Å². The van der Waals surface area contributed by atoms with Gasteiger partial charge in [-0.25, -0.2) is 0 Å². The molecule has 5 nitrogen and oxygen atoms in total. The van der Waals surface area contributed by atoms with Gasteiger partial charge in [-0.3, -0.25) is 9.89 Å². The lowest BCUT2D eigenvalue weighted by Crippen LogP contribution is -2.38. The molecule has 1 fully saturated rings. The minimum atomic E-state index is -0.0414. The predicted molar refractivity (Wildman–Crippen MR) is 56.2 cm³/mol. The molecular formula is C8H12N4OS. The van der Waals surface area contributed by atoms with Crippen LogP contribution >= 0.6 is 11.8 Å². The van der Waals surface area contributed by atoms with Gasteiger partial charge in [0.1, 0.15) is 5.69 Å². The summed E-state index contributed by atoms with van der Waals surface area (Å²) < 4.78 is 0. The second-order valence-corrected chi connectivity index (χ2v) is 4.33. The highest BCUT2D eigenvalue weighted by atomic mass is 32.2. The number of amides is 1. The van der Waals surface area contributed by atoms with Crippen molar-refractivity contribution in [2.75, 3.05) is 30.3 Å². The van der Waals surface area contributed by atoms with Crippen LogP contribution < -0.4 is 5.73 Å². The van der Waals surface area contributed by atoms with Crippen LogP contribution in [0.25, 0.3) is 0 Å². The fraction of sp³-hybridized carbons (Fsp3) is 0.500. The molecule has 1 aromatic rings. The Balaban J connectivity index is 2.11. The average molecular weight is 212 g/mol. The van der Waals surface area contributed by atoms with Gasteiger partial charge < -0.3 is 10.6 Å². The molecule has 1 aromatic heterocycles. The van der Waals surface area contributed by atoms with Crippen LogP contribution in [0.15, 0.2) is 6.20 Å². The fourth-order valence-electron chi connectivity index (χ4n) is 1.39. The Kier molecular flexibility index (Phi) is 2.62. The number of thioether (sulfide) groups is 1. The van der Waals surface area contributed by atoms with E-state index >= 15 is 0 Å². The van der Waals surface area contributed by atoms with E-state index in [-0.39, 0.29) is 5.91 Å². The molecule has 1 aliphatic rings. The molecule has 0 aromatic carbocycles. The topological polar surface area (TPSA) is 75.0 Å². The maximum atomic E-state index is 11.8. The van der Waals surface area contributed by atoms with Crippen LogP contribution in [-0.4, -0.2) is 45.6 Å². The number of rotatable bonds is 1. The first-order chi connectivity index (χ1) is 6.79. The largest absolute Gasteiger partial charge is 0.396 e. The number of hydrogen-bond donors (Lipinski definition) is 2. The third kappa shape index (κ3) is 1.70. The number of aromatic nitrogens is 2. The van der Waals surface area contributed by atoms with E-state index in [0.717, 1.165) is 24.6 Å². The van der Waals surface area contributed by atoms with Gasteiger partial charge in [0, 0.05) is 24.6 Å². The zero-order chi connectivity index (χ0) is 9.97. The van der Waals surface area contributed by atoms with Gasteiger partial charge in [-0.15, -0.1) is 0 Å². The molecule has 0 atom stereocenters. The second-order valence-electron chi connectivity index (χ2n) is 3.10. The van der Waals surface area contributed by atoms with Gasteiger partial charge in [0.05, 0.1) is 11.9 Å². The summed E-state index contributed by atoms with van der Waals surface area (Å²) in [5.74, 6) is 1.96. The van der Waals surface area contributed by atoms with Crippen molar-refractivity contribution in [1.29, 1.82) is 0 Å². The van der Waals surface area contributed by atoms with E-state index in [1.165, 1.54) is 6.20 Å². The number of nitrogens with zero attached hydrogens (tertiary/aromatic N) is 2. The maximum Gasteiger partial charge on any atom is 0.274 e. The molecule has 0 saturated carbocycles. The number of anilines is 1. The first-order valence-corrected chi connectivity index (χ1v) is 5.60.